The standard InChI is InChI=1S/C34H34F2N10O10P2S2/c35-21-27-19(53-29(21)23-25-31(39-13-37-23)45(15-41-25)43-33(47)17-7-3-1-4-8-17)11-51-58(50,60)56-28-20(12-52-57(49,59)55-27)54-30(22(28)36)24-26-32(40-14-38-24)46(16-42-26)44-34(48)18-9-5-2-6-10-18/h1-10,13-16,19-22,27-30,49-50,57-60H,11-12H2,(H,43,47)(H,44,48). The molecule has 60 heavy (non-hydrogen) atoms. The van der Waals surface area contributed by atoms with Gasteiger partial charge in [-0.1, -0.05) is 36.4 Å². The summed E-state index contributed by atoms with van der Waals surface area (Å²) in [5.74, 6) is -0.924. The average Bonchev–Trinajstić information content (AvgIpc) is 4.01. The first-order valence-electron chi connectivity index (χ1n) is 18.1. The van der Waals surface area contributed by atoms with Crippen LogP contribution in [0.25, 0.3) is 22.3 Å². The Balaban J connectivity index is 0.937. The number of hydrogen-bond donors (Lipinski definition) is 6. The van der Waals surface area contributed by atoms with Gasteiger partial charge in [0.1, 0.15) is 0 Å². The van der Waals surface area contributed by atoms with Crippen LogP contribution in [0.15, 0.2) is 86.0 Å². The molecule has 4 aromatic heterocycles. The Kier molecular flexibility index (Phi) is 11.2. The van der Waals surface area contributed by atoms with Gasteiger partial charge in [-0.3, -0.25) is 0 Å². The van der Waals surface area contributed by atoms with Gasteiger partial charge in [0.25, 0.3) is 0 Å². The number of nitrogens with one attached hydrogen (secondary N) is 2. The van der Waals surface area contributed by atoms with Crippen molar-refractivity contribution in [2.45, 2.75) is 49.0 Å². The third-order valence-corrected chi connectivity index (χ3v) is 13.5. The Bertz CT molecular complexity index is 2380. The van der Waals surface area contributed by atoms with Crippen LogP contribution in [0, 0.1) is 0 Å². The van der Waals surface area contributed by atoms with Crippen molar-refractivity contribution in [1.82, 2.24) is 39.3 Å². The Morgan fingerprint density at radius 1 is 0.650 bits per heavy atom. The van der Waals surface area contributed by atoms with E-state index in [-0.39, 0.29) is 33.7 Å². The summed E-state index contributed by atoms with van der Waals surface area (Å²) >= 11 is 8.44. The maximum absolute atomic E-state index is 16.6. The fourth-order valence-electron chi connectivity index (χ4n) is 7.03. The van der Waals surface area contributed by atoms with Gasteiger partial charge in [0.2, 0.25) is 0 Å². The number of fused-ring (bicyclic) bond motifs is 4. The van der Waals surface area contributed by atoms with Crippen LogP contribution in [0.2, 0.25) is 0 Å². The summed E-state index contributed by atoms with van der Waals surface area (Å²) in [6.45, 7) is -1.25. The summed E-state index contributed by atoms with van der Waals surface area (Å²) in [4.78, 5) is 73.7. The van der Waals surface area contributed by atoms with E-state index in [1.807, 2.05) is 0 Å². The van der Waals surface area contributed by atoms with Gasteiger partial charge >= 0.3 is 313 Å². The third kappa shape index (κ3) is 8.06. The molecule has 0 aliphatic carbocycles. The summed E-state index contributed by atoms with van der Waals surface area (Å²) in [6, 6.07) is 16.8. The molecule has 0 bridgehead atoms. The second-order valence-electron chi connectivity index (χ2n) is 13.7. The van der Waals surface area contributed by atoms with Gasteiger partial charge in [-0.25, -0.2) is 0 Å². The normalized spacial score (nSPS) is 28.8. The summed E-state index contributed by atoms with van der Waals surface area (Å²) in [5, 5.41) is 0. The molecule has 316 valence electrons. The molecule has 7 heterocycles. The predicted molar refractivity (Wildman–Crippen MR) is 217 cm³/mol. The zero-order valence-electron chi connectivity index (χ0n) is 30.5. The molecular formula is C34H34F2N10O10P2S2. The van der Waals surface area contributed by atoms with Gasteiger partial charge in [0.05, 0.1) is 0 Å². The quantitative estimate of drug-likeness (QED) is 0.104. The summed E-state index contributed by atoms with van der Waals surface area (Å²) in [7, 11) is -9.24. The molecule has 3 aliphatic rings. The molecule has 0 spiro atoms. The Labute approximate surface area is 348 Å². The molecule has 3 aliphatic heterocycles. The number of alkyl halides is 2. The number of carbonyl (C=O) groups is 2. The van der Waals surface area contributed by atoms with E-state index in [9.17, 15) is 19.4 Å². The molecule has 2 amide bonds. The van der Waals surface area contributed by atoms with E-state index in [4.69, 9.17) is 27.6 Å². The second-order valence-corrected chi connectivity index (χ2v) is 20.3. The van der Waals surface area contributed by atoms with Crippen LogP contribution >= 0.6 is 38.8 Å². The fraction of sp³-hybridized carbons (Fsp3) is 0.294. The summed E-state index contributed by atoms with van der Waals surface area (Å²) in [5.41, 5.74) is 6.38. The van der Waals surface area contributed by atoms with E-state index < -0.39 is 88.3 Å². The molecule has 8 unspecified atom stereocenters. The van der Waals surface area contributed by atoms with Crippen molar-refractivity contribution in [3.05, 3.63) is 108 Å². The first-order valence-corrected chi connectivity index (χ1v) is 24.2. The number of imidazole rings is 2. The zero-order chi connectivity index (χ0) is 41.8. The van der Waals surface area contributed by atoms with Crippen LogP contribution in [0.3, 0.4) is 0 Å². The molecule has 3 fully saturated rings. The first kappa shape index (κ1) is 41.0. The number of rotatable bonds is 6. The molecule has 8 atom stereocenters. The van der Waals surface area contributed by atoms with Crippen molar-refractivity contribution < 1.29 is 55.7 Å². The third-order valence-electron chi connectivity index (χ3n) is 9.81. The van der Waals surface area contributed by atoms with E-state index in [0.29, 0.717) is 11.1 Å². The number of hydrogen-bond acceptors (Lipinski definition) is 18. The maximum atomic E-state index is 16.6. The zero-order valence-corrected chi connectivity index (χ0v) is 34.3. The number of aromatic nitrogens is 8. The Hall–Kier alpha value is -4.42. The molecule has 0 saturated carbocycles. The number of nitrogens with zero attached hydrogens (tertiary/aromatic N) is 8. The van der Waals surface area contributed by atoms with Crippen molar-refractivity contribution in [2.75, 3.05) is 24.1 Å². The van der Waals surface area contributed by atoms with E-state index in [1.165, 1.54) is 22.0 Å². The van der Waals surface area contributed by atoms with E-state index >= 15 is 8.78 Å². The number of halogens is 2. The monoisotopic (exact) mass is 906 g/mol. The topological polar surface area (TPSA) is 241 Å². The van der Waals surface area contributed by atoms with E-state index in [2.05, 4.69) is 65.3 Å². The Morgan fingerprint density at radius 2 is 1.05 bits per heavy atom. The van der Waals surface area contributed by atoms with Crippen LogP contribution in [0.5, 0.6) is 0 Å². The minimum absolute atomic E-state index is 0.0305. The van der Waals surface area contributed by atoms with Crippen LogP contribution in [-0.2, 0) is 27.6 Å². The van der Waals surface area contributed by atoms with Gasteiger partial charge in [0, 0.05) is 0 Å². The molecule has 2 aromatic carbocycles. The summed E-state index contributed by atoms with van der Waals surface area (Å²) < 4.78 is 70.6. The van der Waals surface area contributed by atoms with Crippen molar-refractivity contribution >= 4 is 72.9 Å². The smallest absolute Gasteiger partial charge is 0.0622 e. The molecule has 20 nitrogen and oxygen atoms in total. The van der Waals surface area contributed by atoms with Gasteiger partial charge in [-0.2, -0.15) is 0 Å². The van der Waals surface area contributed by atoms with E-state index in [1.54, 1.807) is 60.7 Å². The minimum atomic E-state index is -4.62. The number of ether oxygens (including phenoxy) is 2. The van der Waals surface area contributed by atoms with Gasteiger partial charge in [0.15, 0.2) is 0 Å². The molecule has 4 N–H and O–H groups in total. The molecular weight excluding hydrogens is 873 g/mol. The number of carbonyl (C=O) groups excluding carboxylic acids is 2. The molecule has 9 rings (SSSR count). The summed E-state index contributed by atoms with van der Waals surface area (Å²) in [6.07, 6.45) is -8.33. The van der Waals surface area contributed by atoms with Crippen molar-refractivity contribution in [3.63, 3.8) is 0 Å². The fourth-order valence-corrected chi connectivity index (χ4v) is 10.4. The van der Waals surface area contributed by atoms with Crippen molar-refractivity contribution in [1.29, 1.82) is 0 Å². The van der Waals surface area contributed by atoms with Crippen LogP contribution < -0.4 is 10.9 Å². The van der Waals surface area contributed by atoms with E-state index in [0.717, 1.165) is 12.7 Å². The van der Waals surface area contributed by atoms with Gasteiger partial charge in [-0.05, 0) is 0 Å². The number of amides is 2. The van der Waals surface area contributed by atoms with Crippen molar-refractivity contribution in [2.24, 2.45) is 0 Å². The SMILES string of the molecule is O=C(Nn1cnc2c(C3OC4CO[PH](O)(S)OC5C(CO[PH](O)(S)OC4C3F)OC(c3ncnc4c3ncn4NC(=O)c3ccccc3)C5F)ncnc21)c1ccccc1. The average molecular weight is 907 g/mol. The molecule has 6 aromatic rings. The number of thiol groups is 2. The first-order chi connectivity index (χ1) is 28.9. The van der Waals surface area contributed by atoms with Gasteiger partial charge < -0.3 is 0 Å². The predicted octanol–water partition coefficient (Wildman–Crippen LogP) is 3.47. The van der Waals surface area contributed by atoms with Gasteiger partial charge in [-0.15, -0.1) is 0 Å². The van der Waals surface area contributed by atoms with Crippen molar-refractivity contribution in [3.8, 4) is 0 Å². The second kappa shape index (κ2) is 16.5. The molecule has 3 saturated heterocycles. The van der Waals surface area contributed by atoms with Crippen LogP contribution in [-0.4, -0.2) is 111 Å². The number of benzene rings is 2. The Morgan fingerprint density at radius 3 is 1.45 bits per heavy atom. The van der Waals surface area contributed by atoms with Crippen LogP contribution in [0.4, 0.5) is 8.78 Å². The molecule has 0 radical (unpaired) electrons. The molecule has 26 heteroatoms. The minimum Gasteiger partial charge on any atom is -0.0622 e. The van der Waals surface area contributed by atoms with Crippen LogP contribution in [0.1, 0.15) is 44.3 Å².